The standard InChI is InChI=1S/C11H11BrN2O/c12-11-9(4-6-15-11)10(13)7-8-3-1-2-5-14-8/h1-6,10H,7,13H2. The van der Waals surface area contributed by atoms with E-state index in [4.69, 9.17) is 10.2 Å². The fraction of sp³-hybridized carbons (Fsp3) is 0.182. The summed E-state index contributed by atoms with van der Waals surface area (Å²) in [4.78, 5) is 4.23. The number of halogens is 1. The zero-order valence-corrected chi connectivity index (χ0v) is 9.65. The molecule has 2 heterocycles. The topological polar surface area (TPSA) is 52.0 Å². The second-order valence-electron chi connectivity index (χ2n) is 3.28. The van der Waals surface area contributed by atoms with Crippen molar-refractivity contribution < 1.29 is 4.42 Å². The van der Waals surface area contributed by atoms with Crippen molar-refractivity contribution in [2.24, 2.45) is 5.73 Å². The normalized spacial score (nSPS) is 12.7. The first kappa shape index (κ1) is 10.4. The van der Waals surface area contributed by atoms with Crippen molar-refractivity contribution in [1.29, 1.82) is 0 Å². The highest BCUT2D eigenvalue weighted by atomic mass is 79.9. The zero-order valence-electron chi connectivity index (χ0n) is 8.06. The zero-order chi connectivity index (χ0) is 10.7. The Morgan fingerprint density at radius 2 is 2.27 bits per heavy atom. The lowest BCUT2D eigenvalue weighted by Crippen LogP contribution is -2.13. The third-order valence-corrected chi connectivity index (χ3v) is 2.85. The lowest BCUT2D eigenvalue weighted by atomic mass is 10.1. The van der Waals surface area contributed by atoms with Gasteiger partial charge < -0.3 is 10.2 Å². The monoisotopic (exact) mass is 266 g/mol. The third kappa shape index (κ3) is 2.46. The van der Waals surface area contributed by atoms with E-state index in [9.17, 15) is 0 Å². The minimum absolute atomic E-state index is 0.0898. The van der Waals surface area contributed by atoms with Gasteiger partial charge in [0.05, 0.1) is 6.26 Å². The van der Waals surface area contributed by atoms with Gasteiger partial charge in [-0.15, -0.1) is 0 Å². The maximum absolute atomic E-state index is 6.04. The van der Waals surface area contributed by atoms with Crippen LogP contribution >= 0.6 is 15.9 Å². The molecule has 0 amide bonds. The summed E-state index contributed by atoms with van der Waals surface area (Å²) in [6, 6.07) is 7.60. The number of hydrogen-bond acceptors (Lipinski definition) is 3. The first-order chi connectivity index (χ1) is 7.27. The molecule has 4 heteroatoms. The minimum Gasteiger partial charge on any atom is -0.457 e. The molecule has 0 spiro atoms. The molecule has 2 aromatic rings. The number of furan rings is 1. The van der Waals surface area contributed by atoms with Gasteiger partial charge in [-0.05, 0) is 34.1 Å². The van der Waals surface area contributed by atoms with E-state index in [2.05, 4.69) is 20.9 Å². The van der Waals surface area contributed by atoms with Crippen LogP contribution in [0.2, 0.25) is 0 Å². The highest BCUT2D eigenvalue weighted by Gasteiger charge is 2.13. The van der Waals surface area contributed by atoms with E-state index in [1.165, 1.54) is 0 Å². The van der Waals surface area contributed by atoms with Crippen molar-refractivity contribution in [1.82, 2.24) is 4.98 Å². The summed E-state index contributed by atoms with van der Waals surface area (Å²) in [7, 11) is 0. The van der Waals surface area contributed by atoms with Gasteiger partial charge in [0.15, 0.2) is 4.67 Å². The second kappa shape index (κ2) is 4.59. The van der Waals surface area contributed by atoms with Crippen molar-refractivity contribution in [3.05, 3.63) is 52.7 Å². The SMILES string of the molecule is NC(Cc1ccccn1)c1ccoc1Br. The van der Waals surface area contributed by atoms with Crippen molar-refractivity contribution >= 4 is 15.9 Å². The van der Waals surface area contributed by atoms with Gasteiger partial charge in [-0.2, -0.15) is 0 Å². The first-order valence-electron chi connectivity index (χ1n) is 4.66. The molecule has 1 atom stereocenters. The second-order valence-corrected chi connectivity index (χ2v) is 4.00. The van der Waals surface area contributed by atoms with E-state index in [0.717, 1.165) is 11.3 Å². The lowest BCUT2D eigenvalue weighted by molar-refractivity contribution is 0.530. The van der Waals surface area contributed by atoms with Gasteiger partial charge in [-0.3, -0.25) is 4.98 Å². The summed E-state index contributed by atoms with van der Waals surface area (Å²) in [5.74, 6) is 0. The van der Waals surface area contributed by atoms with Gasteiger partial charge in [0.2, 0.25) is 0 Å². The Balaban J connectivity index is 2.11. The van der Waals surface area contributed by atoms with E-state index >= 15 is 0 Å². The van der Waals surface area contributed by atoms with Crippen LogP contribution in [0.25, 0.3) is 0 Å². The molecule has 0 bridgehead atoms. The van der Waals surface area contributed by atoms with Crippen molar-refractivity contribution in [2.75, 3.05) is 0 Å². The van der Waals surface area contributed by atoms with E-state index in [1.807, 2.05) is 24.3 Å². The van der Waals surface area contributed by atoms with E-state index in [1.54, 1.807) is 12.5 Å². The molecule has 3 nitrogen and oxygen atoms in total. The van der Waals surface area contributed by atoms with Crippen LogP contribution in [-0.4, -0.2) is 4.98 Å². The summed E-state index contributed by atoms with van der Waals surface area (Å²) in [5, 5.41) is 0. The Hall–Kier alpha value is -1.13. The molecule has 0 radical (unpaired) electrons. The van der Waals surface area contributed by atoms with Gasteiger partial charge in [0.1, 0.15) is 0 Å². The molecule has 0 fully saturated rings. The van der Waals surface area contributed by atoms with Crippen LogP contribution in [-0.2, 0) is 6.42 Å². The fourth-order valence-electron chi connectivity index (χ4n) is 1.42. The number of nitrogens with zero attached hydrogens (tertiary/aromatic N) is 1. The van der Waals surface area contributed by atoms with Crippen LogP contribution in [0.3, 0.4) is 0 Å². The van der Waals surface area contributed by atoms with Gasteiger partial charge in [-0.1, -0.05) is 6.07 Å². The van der Waals surface area contributed by atoms with Crippen LogP contribution in [0, 0.1) is 0 Å². The predicted octanol–water partition coefficient (Wildman–Crippen LogP) is 2.68. The summed E-state index contributed by atoms with van der Waals surface area (Å²) < 4.78 is 5.84. The molecule has 0 aliphatic rings. The highest BCUT2D eigenvalue weighted by Crippen LogP contribution is 2.24. The van der Waals surface area contributed by atoms with Crippen LogP contribution in [0.5, 0.6) is 0 Å². The molecule has 0 aliphatic carbocycles. The van der Waals surface area contributed by atoms with Crippen LogP contribution in [0.4, 0.5) is 0 Å². The van der Waals surface area contributed by atoms with Crippen LogP contribution < -0.4 is 5.73 Å². The summed E-state index contributed by atoms with van der Waals surface area (Å²) in [6.45, 7) is 0. The molecule has 1 unspecified atom stereocenters. The first-order valence-corrected chi connectivity index (χ1v) is 5.45. The van der Waals surface area contributed by atoms with E-state index in [-0.39, 0.29) is 6.04 Å². The number of rotatable bonds is 3. The highest BCUT2D eigenvalue weighted by molar-refractivity contribution is 9.10. The number of nitrogens with two attached hydrogens (primary N) is 1. The Morgan fingerprint density at radius 3 is 2.87 bits per heavy atom. The van der Waals surface area contributed by atoms with Gasteiger partial charge >= 0.3 is 0 Å². The van der Waals surface area contributed by atoms with E-state index in [0.29, 0.717) is 11.1 Å². The van der Waals surface area contributed by atoms with Crippen molar-refractivity contribution in [3.8, 4) is 0 Å². The average Bonchev–Trinajstić information content (AvgIpc) is 2.66. The third-order valence-electron chi connectivity index (χ3n) is 2.20. The van der Waals surface area contributed by atoms with Crippen molar-refractivity contribution in [3.63, 3.8) is 0 Å². The molecule has 2 rings (SSSR count). The molecule has 2 N–H and O–H groups in total. The van der Waals surface area contributed by atoms with Gasteiger partial charge in [0, 0.05) is 29.9 Å². The maximum Gasteiger partial charge on any atom is 0.173 e. The molecule has 15 heavy (non-hydrogen) atoms. The number of pyridine rings is 1. The Bertz CT molecular complexity index is 427. The summed E-state index contributed by atoms with van der Waals surface area (Å²) in [5.41, 5.74) is 8.00. The maximum atomic E-state index is 6.04. The molecule has 0 saturated heterocycles. The number of hydrogen-bond donors (Lipinski definition) is 1. The predicted molar refractivity (Wildman–Crippen MR) is 61.3 cm³/mol. The molecule has 78 valence electrons. The van der Waals surface area contributed by atoms with Crippen molar-refractivity contribution in [2.45, 2.75) is 12.5 Å². The van der Waals surface area contributed by atoms with Crippen LogP contribution in [0.15, 0.2) is 45.8 Å². The quantitative estimate of drug-likeness (QED) is 0.930. The van der Waals surface area contributed by atoms with Gasteiger partial charge in [0.25, 0.3) is 0 Å². The largest absolute Gasteiger partial charge is 0.457 e. The van der Waals surface area contributed by atoms with E-state index < -0.39 is 0 Å². The summed E-state index contributed by atoms with van der Waals surface area (Å²) in [6.07, 6.45) is 4.10. The Morgan fingerprint density at radius 1 is 1.40 bits per heavy atom. The molecular weight excluding hydrogens is 256 g/mol. The minimum atomic E-state index is -0.0898. The molecule has 0 aliphatic heterocycles. The smallest absolute Gasteiger partial charge is 0.173 e. The lowest BCUT2D eigenvalue weighted by Gasteiger charge is -2.09. The van der Waals surface area contributed by atoms with Crippen LogP contribution in [0.1, 0.15) is 17.3 Å². The Labute approximate surface area is 96.4 Å². The molecular formula is C11H11BrN2O. The molecule has 2 aromatic heterocycles. The fourth-order valence-corrected chi connectivity index (χ4v) is 1.96. The average molecular weight is 267 g/mol. The molecule has 0 saturated carbocycles. The summed E-state index contributed by atoms with van der Waals surface area (Å²) >= 11 is 3.31. The molecule has 0 aromatic carbocycles. The Kier molecular flexibility index (Phi) is 3.18. The number of aromatic nitrogens is 1. The van der Waals surface area contributed by atoms with Gasteiger partial charge in [-0.25, -0.2) is 0 Å².